The monoisotopic (exact) mass is 571 g/mol. The molecule has 0 bridgehead atoms. The van der Waals surface area contributed by atoms with E-state index in [1.807, 2.05) is 0 Å². The molecular formula is C21H19BrF5NO5S. The van der Waals surface area contributed by atoms with Gasteiger partial charge < -0.3 is 9.64 Å². The van der Waals surface area contributed by atoms with E-state index in [-0.39, 0.29) is 23.2 Å². The smallest absolute Gasteiger partial charge is 0.445 e. The summed E-state index contributed by atoms with van der Waals surface area (Å²) in [5.74, 6) is -0.793. The molecule has 1 saturated heterocycles. The molecule has 0 radical (unpaired) electrons. The number of ether oxygens (including phenoxy) is 1. The van der Waals surface area contributed by atoms with Crippen molar-refractivity contribution in [3.05, 3.63) is 69.9 Å². The molecule has 1 aliphatic rings. The molecule has 0 unspecified atom stereocenters. The van der Waals surface area contributed by atoms with Crippen LogP contribution in [0, 0.1) is 5.82 Å². The van der Waals surface area contributed by atoms with Gasteiger partial charge in [-0.15, -0.1) is 0 Å². The van der Waals surface area contributed by atoms with Gasteiger partial charge in [-0.25, -0.2) is 13.6 Å². The van der Waals surface area contributed by atoms with Gasteiger partial charge in [0.05, 0.1) is 10.5 Å². The minimum atomic E-state index is -6.20. The standard InChI is InChI=1S/C21H19BrF5NO5S/c22-15-8-4-7-14(18(15)24)11-17-19(33-34(30,31)21(25,26)27)16(23)9-10-28(17)20(29)32-12-13-5-2-1-3-6-13/h1-8,16-17,19H,9-12H2/t16-,17-,19+/m1/s1. The van der Waals surface area contributed by atoms with Gasteiger partial charge in [-0.2, -0.15) is 21.6 Å². The third kappa shape index (κ3) is 6.05. The van der Waals surface area contributed by atoms with Gasteiger partial charge in [0.2, 0.25) is 0 Å². The predicted octanol–water partition coefficient (Wildman–Crippen LogP) is 5.11. The van der Waals surface area contributed by atoms with Gasteiger partial charge in [-0.3, -0.25) is 4.18 Å². The molecule has 3 atom stereocenters. The van der Waals surface area contributed by atoms with Crippen LogP contribution in [0.2, 0.25) is 0 Å². The molecule has 2 aromatic carbocycles. The van der Waals surface area contributed by atoms with Crippen molar-refractivity contribution >= 4 is 32.1 Å². The van der Waals surface area contributed by atoms with Gasteiger partial charge in [-0.05, 0) is 46.0 Å². The van der Waals surface area contributed by atoms with E-state index in [0.29, 0.717) is 5.56 Å². The average molecular weight is 572 g/mol. The Labute approximate surface area is 200 Å². The maximum absolute atomic E-state index is 14.7. The highest BCUT2D eigenvalue weighted by Gasteiger charge is 2.53. The van der Waals surface area contributed by atoms with Gasteiger partial charge >= 0.3 is 21.7 Å². The second-order valence-electron chi connectivity index (χ2n) is 7.48. The number of carbonyl (C=O) groups is 1. The van der Waals surface area contributed by atoms with E-state index in [4.69, 9.17) is 4.74 Å². The first-order valence-corrected chi connectivity index (χ1v) is 12.1. The van der Waals surface area contributed by atoms with E-state index in [1.54, 1.807) is 30.3 Å². The summed E-state index contributed by atoms with van der Waals surface area (Å²) in [7, 11) is -6.20. The summed E-state index contributed by atoms with van der Waals surface area (Å²) in [6.07, 6.45) is -6.46. The van der Waals surface area contributed by atoms with Gasteiger partial charge in [0.15, 0.2) is 0 Å². The third-order valence-corrected chi connectivity index (χ3v) is 6.86. The molecule has 34 heavy (non-hydrogen) atoms. The summed E-state index contributed by atoms with van der Waals surface area (Å²) in [6.45, 7) is -0.499. The minimum Gasteiger partial charge on any atom is -0.445 e. The van der Waals surface area contributed by atoms with Crippen molar-refractivity contribution in [2.45, 2.75) is 43.3 Å². The molecule has 2 aromatic rings. The molecule has 0 spiro atoms. The summed E-state index contributed by atoms with van der Waals surface area (Å²) in [5, 5.41) is 0. The number of benzene rings is 2. The Kier molecular flexibility index (Phi) is 8.19. The number of hydrogen-bond acceptors (Lipinski definition) is 5. The van der Waals surface area contributed by atoms with E-state index in [1.165, 1.54) is 18.2 Å². The van der Waals surface area contributed by atoms with Crippen LogP contribution in [-0.2, 0) is 32.1 Å². The number of hydrogen-bond donors (Lipinski definition) is 0. The van der Waals surface area contributed by atoms with E-state index >= 15 is 0 Å². The molecule has 6 nitrogen and oxygen atoms in total. The highest BCUT2D eigenvalue weighted by atomic mass is 79.9. The molecule has 3 rings (SSSR count). The minimum absolute atomic E-state index is 0.0243. The van der Waals surface area contributed by atoms with E-state index < -0.39 is 58.7 Å². The zero-order valence-electron chi connectivity index (χ0n) is 17.3. The van der Waals surface area contributed by atoms with E-state index in [2.05, 4.69) is 20.1 Å². The molecule has 1 aliphatic heterocycles. The summed E-state index contributed by atoms with van der Waals surface area (Å²) in [4.78, 5) is 13.7. The van der Waals surface area contributed by atoms with Crippen LogP contribution in [0.4, 0.5) is 26.7 Å². The second-order valence-corrected chi connectivity index (χ2v) is 9.90. The number of likely N-dealkylation sites (tertiary alicyclic amines) is 1. The normalized spacial score (nSPS) is 21.4. The molecule has 1 fully saturated rings. The van der Waals surface area contributed by atoms with Crippen molar-refractivity contribution in [2.75, 3.05) is 6.54 Å². The van der Waals surface area contributed by atoms with Gasteiger partial charge in [0.25, 0.3) is 0 Å². The van der Waals surface area contributed by atoms with Crippen LogP contribution in [0.15, 0.2) is 53.0 Å². The fourth-order valence-corrected chi connectivity index (χ4v) is 4.58. The summed E-state index contributed by atoms with van der Waals surface area (Å²) in [6, 6.07) is 10.9. The van der Waals surface area contributed by atoms with E-state index in [9.17, 15) is 35.2 Å². The number of carbonyl (C=O) groups excluding carboxylic acids is 1. The van der Waals surface area contributed by atoms with Crippen LogP contribution in [0.5, 0.6) is 0 Å². The van der Waals surface area contributed by atoms with Crippen LogP contribution in [0.25, 0.3) is 0 Å². The quantitative estimate of drug-likeness (QED) is 0.273. The number of halogens is 6. The largest absolute Gasteiger partial charge is 0.523 e. The molecule has 13 heteroatoms. The molecule has 1 heterocycles. The van der Waals surface area contributed by atoms with Gasteiger partial charge in [-0.1, -0.05) is 42.5 Å². The van der Waals surface area contributed by atoms with Crippen LogP contribution in [0.1, 0.15) is 17.5 Å². The molecule has 1 amide bonds. The second kappa shape index (κ2) is 10.6. The lowest BCUT2D eigenvalue weighted by atomic mass is 9.92. The molecule has 0 N–H and O–H groups in total. The van der Waals surface area contributed by atoms with Crippen LogP contribution >= 0.6 is 15.9 Å². The SMILES string of the molecule is O=C(OCc1ccccc1)N1CC[C@@H](F)[C@H](OS(=O)(=O)C(F)(F)F)[C@H]1Cc1cccc(Br)c1F. The number of rotatable bonds is 6. The highest BCUT2D eigenvalue weighted by Crippen LogP contribution is 2.34. The summed E-state index contributed by atoms with van der Waals surface area (Å²) >= 11 is 2.98. The van der Waals surface area contributed by atoms with Crippen molar-refractivity contribution in [3.8, 4) is 0 Å². The Balaban J connectivity index is 1.92. The number of amides is 1. The number of alkyl halides is 4. The Hall–Kier alpha value is -2.25. The number of piperidine rings is 1. The molecule has 0 saturated carbocycles. The summed E-state index contributed by atoms with van der Waals surface area (Å²) < 4.78 is 101. The molecule has 0 aromatic heterocycles. The topological polar surface area (TPSA) is 72.9 Å². The zero-order valence-corrected chi connectivity index (χ0v) is 19.7. The first-order chi connectivity index (χ1) is 15.9. The predicted molar refractivity (Wildman–Crippen MR) is 114 cm³/mol. The van der Waals surface area contributed by atoms with Crippen molar-refractivity contribution in [1.29, 1.82) is 0 Å². The Morgan fingerprint density at radius 3 is 2.44 bits per heavy atom. The highest BCUT2D eigenvalue weighted by molar-refractivity contribution is 9.10. The lowest BCUT2D eigenvalue weighted by molar-refractivity contribution is -0.0731. The Morgan fingerprint density at radius 2 is 1.79 bits per heavy atom. The van der Waals surface area contributed by atoms with Crippen LogP contribution in [0.3, 0.4) is 0 Å². The van der Waals surface area contributed by atoms with Gasteiger partial charge in [0, 0.05) is 6.54 Å². The Morgan fingerprint density at radius 1 is 1.12 bits per heavy atom. The Bertz CT molecular complexity index is 1120. The molecule has 186 valence electrons. The third-order valence-electron chi connectivity index (χ3n) is 5.20. The average Bonchev–Trinajstić information content (AvgIpc) is 2.77. The number of nitrogens with zero attached hydrogens (tertiary/aromatic N) is 1. The maximum atomic E-state index is 14.7. The van der Waals surface area contributed by atoms with Crippen LogP contribution < -0.4 is 0 Å². The van der Waals surface area contributed by atoms with Crippen molar-refractivity contribution in [1.82, 2.24) is 4.90 Å². The molecule has 0 aliphatic carbocycles. The fraction of sp³-hybridized carbons (Fsp3) is 0.381. The fourth-order valence-electron chi connectivity index (χ4n) is 3.52. The van der Waals surface area contributed by atoms with Crippen LogP contribution in [-0.4, -0.2) is 49.8 Å². The first-order valence-electron chi connectivity index (χ1n) is 9.94. The van der Waals surface area contributed by atoms with Crippen molar-refractivity contribution in [3.63, 3.8) is 0 Å². The lowest BCUT2D eigenvalue weighted by Crippen LogP contribution is -2.58. The van der Waals surface area contributed by atoms with E-state index in [0.717, 1.165) is 4.90 Å². The zero-order chi connectivity index (χ0) is 25.1. The lowest BCUT2D eigenvalue weighted by Gasteiger charge is -2.41. The summed E-state index contributed by atoms with van der Waals surface area (Å²) in [5.41, 5.74) is -5.29. The molecular weight excluding hydrogens is 553 g/mol. The van der Waals surface area contributed by atoms with Crippen molar-refractivity contribution < 1.29 is 44.1 Å². The first kappa shape index (κ1) is 26.4. The maximum Gasteiger partial charge on any atom is 0.523 e. The van der Waals surface area contributed by atoms with Crippen molar-refractivity contribution in [2.24, 2.45) is 0 Å². The van der Waals surface area contributed by atoms with Gasteiger partial charge in [0.1, 0.15) is 24.7 Å².